The molecule has 2 heterocycles. The van der Waals surface area contributed by atoms with Crippen molar-refractivity contribution in [3.63, 3.8) is 0 Å². The summed E-state index contributed by atoms with van der Waals surface area (Å²) >= 11 is 1.27. The molecule has 19 heavy (non-hydrogen) atoms. The molecule has 7 heteroatoms. The average molecular weight is 281 g/mol. The largest absolute Gasteiger partial charge is 0.333 e. The number of hydrogen-bond donors (Lipinski definition) is 1. The molecule has 104 valence electrons. The summed E-state index contributed by atoms with van der Waals surface area (Å²) in [6.07, 6.45) is 1.83. The van der Waals surface area contributed by atoms with Crippen LogP contribution in [0.1, 0.15) is 58.1 Å². The number of hydrogen-bond acceptors (Lipinski definition) is 7. The molecule has 1 atom stereocenters. The third kappa shape index (κ3) is 2.98. The van der Waals surface area contributed by atoms with Gasteiger partial charge in [-0.15, -0.1) is 5.10 Å². The van der Waals surface area contributed by atoms with E-state index in [9.17, 15) is 0 Å². The quantitative estimate of drug-likeness (QED) is 0.926. The van der Waals surface area contributed by atoms with Crippen LogP contribution < -0.4 is 5.73 Å². The summed E-state index contributed by atoms with van der Waals surface area (Å²) in [5.41, 5.74) is 6.75. The lowest BCUT2D eigenvalue weighted by molar-refractivity contribution is 0.412. The second-order valence-electron chi connectivity index (χ2n) is 5.55. The molecule has 2 rings (SSSR count). The van der Waals surface area contributed by atoms with E-state index in [1.807, 2.05) is 0 Å². The number of aromatic nitrogens is 4. The normalized spacial score (nSPS) is 13.7. The van der Waals surface area contributed by atoms with E-state index in [0.29, 0.717) is 11.7 Å². The zero-order valence-corrected chi connectivity index (χ0v) is 12.5. The molecule has 0 bridgehead atoms. The van der Waals surface area contributed by atoms with E-state index in [2.05, 4.69) is 47.4 Å². The maximum atomic E-state index is 5.98. The highest BCUT2D eigenvalue weighted by Crippen LogP contribution is 2.33. The first-order valence-corrected chi connectivity index (χ1v) is 7.13. The zero-order valence-electron chi connectivity index (χ0n) is 11.7. The summed E-state index contributed by atoms with van der Waals surface area (Å²) in [6, 6.07) is -0.179. The van der Waals surface area contributed by atoms with Crippen LogP contribution in [-0.4, -0.2) is 19.7 Å². The summed E-state index contributed by atoms with van der Waals surface area (Å²) in [7, 11) is 0. The van der Waals surface area contributed by atoms with E-state index in [-0.39, 0.29) is 11.5 Å². The first kappa shape index (κ1) is 14.1. The van der Waals surface area contributed by atoms with Crippen molar-refractivity contribution in [3.05, 3.63) is 11.5 Å². The van der Waals surface area contributed by atoms with E-state index in [1.165, 1.54) is 11.5 Å². The third-order valence-electron chi connectivity index (χ3n) is 2.77. The molecule has 0 saturated carbocycles. The van der Waals surface area contributed by atoms with Gasteiger partial charge in [-0.2, -0.15) is 4.98 Å². The highest BCUT2D eigenvalue weighted by molar-refractivity contribution is 7.09. The minimum absolute atomic E-state index is 0.109. The Kier molecular flexibility index (Phi) is 3.96. The van der Waals surface area contributed by atoms with Crippen molar-refractivity contribution in [3.8, 4) is 10.8 Å². The maximum Gasteiger partial charge on any atom is 0.271 e. The van der Waals surface area contributed by atoms with Gasteiger partial charge in [-0.05, 0) is 18.0 Å². The van der Waals surface area contributed by atoms with Gasteiger partial charge in [0.15, 0.2) is 5.82 Å². The molecule has 0 aromatic carbocycles. The van der Waals surface area contributed by atoms with Gasteiger partial charge in [-0.1, -0.05) is 43.8 Å². The van der Waals surface area contributed by atoms with E-state index < -0.39 is 0 Å². The molecule has 0 spiro atoms. The molecule has 2 aromatic heterocycles. The van der Waals surface area contributed by atoms with Crippen LogP contribution in [0.15, 0.2) is 4.52 Å². The van der Waals surface area contributed by atoms with E-state index >= 15 is 0 Å². The molecule has 1 unspecified atom stereocenters. The molecule has 0 fully saturated rings. The van der Waals surface area contributed by atoms with Crippen LogP contribution in [-0.2, 0) is 5.41 Å². The molecule has 2 N–H and O–H groups in total. The minimum atomic E-state index is -0.179. The Bertz CT molecular complexity index is 542. The fourth-order valence-corrected chi connectivity index (χ4v) is 2.54. The summed E-state index contributed by atoms with van der Waals surface area (Å²) in [6.45, 7) is 8.31. The number of rotatable bonds is 4. The van der Waals surface area contributed by atoms with Crippen LogP contribution in [0.3, 0.4) is 0 Å². The Morgan fingerprint density at radius 1 is 1.37 bits per heavy atom. The molecule has 0 aliphatic carbocycles. The summed E-state index contributed by atoms with van der Waals surface area (Å²) in [5.74, 6) is 1.01. The summed E-state index contributed by atoms with van der Waals surface area (Å²) in [4.78, 5) is 5.20. The average Bonchev–Trinajstić information content (AvgIpc) is 2.97. The van der Waals surface area contributed by atoms with Crippen molar-refractivity contribution >= 4 is 11.5 Å². The molecule has 2 aromatic rings. The molecular formula is C12H19N5OS. The van der Waals surface area contributed by atoms with Gasteiger partial charge in [0.05, 0.1) is 11.7 Å². The van der Waals surface area contributed by atoms with Gasteiger partial charge in [-0.3, -0.25) is 0 Å². The van der Waals surface area contributed by atoms with Gasteiger partial charge >= 0.3 is 0 Å². The molecular weight excluding hydrogens is 262 g/mol. The van der Waals surface area contributed by atoms with E-state index in [1.54, 1.807) is 0 Å². The van der Waals surface area contributed by atoms with Crippen LogP contribution >= 0.6 is 11.5 Å². The van der Waals surface area contributed by atoms with Crippen LogP contribution in [0.4, 0.5) is 0 Å². The smallest absolute Gasteiger partial charge is 0.271 e. The molecule has 0 aliphatic heterocycles. The van der Waals surface area contributed by atoms with Crippen molar-refractivity contribution in [1.82, 2.24) is 19.7 Å². The van der Waals surface area contributed by atoms with Crippen LogP contribution in [0.25, 0.3) is 10.8 Å². The molecule has 0 aliphatic rings. The Morgan fingerprint density at radius 3 is 2.74 bits per heavy atom. The van der Waals surface area contributed by atoms with Crippen molar-refractivity contribution in [2.75, 3.05) is 0 Å². The Morgan fingerprint density at radius 2 is 2.11 bits per heavy atom. The first-order chi connectivity index (χ1) is 8.93. The van der Waals surface area contributed by atoms with Gasteiger partial charge in [-0.25, -0.2) is 0 Å². The molecule has 6 nitrogen and oxygen atoms in total. The van der Waals surface area contributed by atoms with Crippen LogP contribution in [0, 0.1) is 0 Å². The Labute approximate surface area is 116 Å². The van der Waals surface area contributed by atoms with Gasteiger partial charge in [0, 0.05) is 5.41 Å². The van der Waals surface area contributed by atoms with Crippen molar-refractivity contribution in [1.29, 1.82) is 0 Å². The van der Waals surface area contributed by atoms with Crippen molar-refractivity contribution in [2.45, 2.75) is 52.0 Å². The second kappa shape index (κ2) is 5.34. The lowest BCUT2D eigenvalue weighted by Crippen LogP contribution is -2.13. The van der Waals surface area contributed by atoms with Gasteiger partial charge in [0.25, 0.3) is 5.89 Å². The monoisotopic (exact) mass is 281 g/mol. The molecule has 0 amide bonds. The van der Waals surface area contributed by atoms with Crippen molar-refractivity contribution in [2.24, 2.45) is 5.73 Å². The van der Waals surface area contributed by atoms with E-state index in [0.717, 1.165) is 23.4 Å². The fourth-order valence-electron chi connectivity index (χ4n) is 1.74. The first-order valence-electron chi connectivity index (χ1n) is 6.36. The lowest BCUT2D eigenvalue weighted by atomic mass is 9.91. The van der Waals surface area contributed by atoms with Gasteiger partial charge in [0.1, 0.15) is 4.88 Å². The topological polar surface area (TPSA) is 90.7 Å². The Hall–Kier alpha value is -1.34. The predicted octanol–water partition coefficient (Wildman–Crippen LogP) is 2.69. The van der Waals surface area contributed by atoms with Gasteiger partial charge < -0.3 is 10.3 Å². The standard InChI is InChI=1S/C12H19N5OS/c1-5-6-7(13)10-14-11(18-16-10)8-9(12(2,3)4)15-17-19-8/h7H,5-6,13H2,1-4H3. The highest BCUT2D eigenvalue weighted by Gasteiger charge is 2.27. The molecule has 0 radical (unpaired) electrons. The van der Waals surface area contributed by atoms with Crippen LogP contribution in [0.5, 0.6) is 0 Å². The third-order valence-corrected chi connectivity index (χ3v) is 3.48. The maximum absolute atomic E-state index is 5.98. The highest BCUT2D eigenvalue weighted by atomic mass is 32.1. The summed E-state index contributed by atoms with van der Waals surface area (Å²) < 4.78 is 9.29. The fraction of sp³-hybridized carbons (Fsp3) is 0.667. The number of nitrogens with zero attached hydrogens (tertiary/aromatic N) is 4. The lowest BCUT2D eigenvalue weighted by Gasteiger charge is -2.14. The zero-order chi connectivity index (χ0) is 14.0. The molecule has 0 saturated heterocycles. The summed E-state index contributed by atoms with van der Waals surface area (Å²) in [5, 5.41) is 8.12. The van der Waals surface area contributed by atoms with E-state index in [4.69, 9.17) is 10.3 Å². The van der Waals surface area contributed by atoms with Crippen LogP contribution in [0.2, 0.25) is 0 Å². The minimum Gasteiger partial charge on any atom is -0.333 e. The second-order valence-corrected chi connectivity index (χ2v) is 6.31. The SMILES string of the molecule is CCCC(N)c1noc(-c2snnc2C(C)(C)C)n1. The van der Waals surface area contributed by atoms with Gasteiger partial charge in [0.2, 0.25) is 0 Å². The number of nitrogens with two attached hydrogens (primary N) is 1. The predicted molar refractivity (Wildman–Crippen MR) is 73.7 cm³/mol. The van der Waals surface area contributed by atoms with Crippen molar-refractivity contribution < 1.29 is 4.52 Å². The Balaban J connectivity index is 2.31.